The number of ether oxygens (including phenoxy) is 1. The summed E-state index contributed by atoms with van der Waals surface area (Å²) in [5.41, 5.74) is 1.33. The predicted octanol–water partition coefficient (Wildman–Crippen LogP) is 3.20. The number of methoxy groups -OCH3 is 1. The minimum absolute atomic E-state index is 0.589. The van der Waals surface area contributed by atoms with Gasteiger partial charge in [-0.2, -0.15) is 0 Å². The van der Waals surface area contributed by atoms with E-state index < -0.39 is 0 Å². The Hall–Kier alpha value is -0.730. The molecule has 2 nitrogen and oxygen atoms in total. The van der Waals surface area contributed by atoms with Crippen molar-refractivity contribution in [3.63, 3.8) is 0 Å². The normalized spacial score (nSPS) is 24.7. The predicted molar refractivity (Wildman–Crippen MR) is 67.4 cm³/mol. The standard InChI is InChI=1S/C13H18ClNO/c1-15-12-5-3-4-10(12)9-6-7-11(14)13(8-9)16-2/h6-8,10,12,15H,3-5H2,1-2H3. The maximum absolute atomic E-state index is 6.03. The summed E-state index contributed by atoms with van der Waals surface area (Å²) in [5, 5.41) is 4.08. The van der Waals surface area contributed by atoms with E-state index in [0.29, 0.717) is 17.0 Å². The molecule has 1 aliphatic rings. The molecule has 1 saturated carbocycles. The first-order valence-electron chi connectivity index (χ1n) is 5.77. The molecule has 0 radical (unpaired) electrons. The van der Waals surface area contributed by atoms with Crippen LogP contribution in [-0.4, -0.2) is 20.2 Å². The summed E-state index contributed by atoms with van der Waals surface area (Å²) < 4.78 is 5.26. The van der Waals surface area contributed by atoms with Gasteiger partial charge in [-0.25, -0.2) is 0 Å². The average Bonchev–Trinajstić information content (AvgIpc) is 2.78. The van der Waals surface area contributed by atoms with E-state index in [1.54, 1.807) is 7.11 Å². The molecule has 1 aliphatic carbocycles. The van der Waals surface area contributed by atoms with E-state index in [4.69, 9.17) is 16.3 Å². The van der Waals surface area contributed by atoms with Crippen LogP contribution in [0.3, 0.4) is 0 Å². The molecule has 0 heterocycles. The highest BCUT2D eigenvalue weighted by Gasteiger charge is 2.27. The SMILES string of the molecule is CNC1CCCC1c1ccc(Cl)c(OC)c1. The van der Waals surface area contributed by atoms with E-state index in [9.17, 15) is 0 Å². The number of halogens is 1. The third-order valence-corrected chi connectivity index (χ3v) is 3.80. The fraction of sp³-hybridized carbons (Fsp3) is 0.538. The van der Waals surface area contributed by atoms with Crippen LogP contribution in [0.15, 0.2) is 18.2 Å². The van der Waals surface area contributed by atoms with Crippen LogP contribution < -0.4 is 10.1 Å². The van der Waals surface area contributed by atoms with Crippen LogP contribution >= 0.6 is 11.6 Å². The number of rotatable bonds is 3. The molecule has 2 rings (SSSR count). The van der Waals surface area contributed by atoms with Gasteiger partial charge in [-0.05, 0) is 43.5 Å². The van der Waals surface area contributed by atoms with Gasteiger partial charge in [-0.1, -0.05) is 24.1 Å². The van der Waals surface area contributed by atoms with E-state index >= 15 is 0 Å². The van der Waals surface area contributed by atoms with Gasteiger partial charge in [0.1, 0.15) is 5.75 Å². The summed E-state index contributed by atoms with van der Waals surface area (Å²) >= 11 is 6.03. The first-order chi connectivity index (χ1) is 7.76. The third kappa shape index (κ3) is 2.18. The van der Waals surface area contributed by atoms with Gasteiger partial charge in [0.15, 0.2) is 0 Å². The van der Waals surface area contributed by atoms with Gasteiger partial charge in [0.05, 0.1) is 12.1 Å². The number of hydrogen-bond acceptors (Lipinski definition) is 2. The van der Waals surface area contributed by atoms with Gasteiger partial charge in [0.25, 0.3) is 0 Å². The van der Waals surface area contributed by atoms with Crippen molar-refractivity contribution in [2.45, 2.75) is 31.2 Å². The second-order valence-electron chi connectivity index (χ2n) is 4.33. The van der Waals surface area contributed by atoms with Gasteiger partial charge in [0, 0.05) is 6.04 Å². The Kier molecular flexibility index (Phi) is 3.72. The lowest BCUT2D eigenvalue weighted by molar-refractivity contribution is 0.413. The molecule has 1 fully saturated rings. The van der Waals surface area contributed by atoms with E-state index in [1.807, 2.05) is 13.1 Å². The maximum Gasteiger partial charge on any atom is 0.137 e. The largest absolute Gasteiger partial charge is 0.495 e. The van der Waals surface area contributed by atoms with E-state index in [-0.39, 0.29) is 0 Å². The summed E-state index contributed by atoms with van der Waals surface area (Å²) in [6, 6.07) is 6.71. The van der Waals surface area contributed by atoms with Crippen LogP contribution in [0, 0.1) is 0 Å². The van der Waals surface area contributed by atoms with Crippen LogP contribution in [0.1, 0.15) is 30.7 Å². The number of hydrogen-bond donors (Lipinski definition) is 1. The summed E-state index contributed by atoms with van der Waals surface area (Å²) in [7, 11) is 3.70. The molecular weight excluding hydrogens is 222 g/mol. The van der Waals surface area contributed by atoms with Crippen LogP contribution in [0.5, 0.6) is 5.75 Å². The lowest BCUT2D eigenvalue weighted by Gasteiger charge is -2.20. The van der Waals surface area contributed by atoms with Crippen LogP contribution in [-0.2, 0) is 0 Å². The zero-order valence-electron chi connectivity index (χ0n) is 9.79. The quantitative estimate of drug-likeness (QED) is 0.875. The van der Waals surface area contributed by atoms with E-state index in [2.05, 4.69) is 17.4 Å². The highest BCUT2D eigenvalue weighted by atomic mass is 35.5. The van der Waals surface area contributed by atoms with Gasteiger partial charge in [-0.15, -0.1) is 0 Å². The van der Waals surface area contributed by atoms with Crippen molar-refractivity contribution in [3.05, 3.63) is 28.8 Å². The van der Waals surface area contributed by atoms with Crippen molar-refractivity contribution >= 4 is 11.6 Å². The topological polar surface area (TPSA) is 21.3 Å². The molecule has 2 atom stereocenters. The minimum atomic E-state index is 0.589. The van der Waals surface area contributed by atoms with Crippen molar-refractivity contribution in [1.82, 2.24) is 5.32 Å². The minimum Gasteiger partial charge on any atom is -0.495 e. The second-order valence-corrected chi connectivity index (χ2v) is 4.73. The van der Waals surface area contributed by atoms with Crippen molar-refractivity contribution in [2.24, 2.45) is 0 Å². The molecule has 0 amide bonds. The number of nitrogens with one attached hydrogen (secondary N) is 1. The van der Waals surface area contributed by atoms with Crippen molar-refractivity contribution in [1.29, 1.82) is 0 Å². The molecule has 0 aliphatic heterocycles. The Morgan fingerprint density at radius 1 is 1.38 bits per heavy atom. The summed E-state index contributed by atoms with van der Waals surface area (Å²) in [6.45, 7) is 0. The Bertz CT molecular complexity index is 367. The number of benzene rings is 1. The molecule has 1 aromatic carbocycles. The zero-order chi connectivity index (χ0) is 11.5. The van der Waals surface area contributed by atoms with Crippen molar-refractivity contribution in [3.8, 4) is 5.75 Å². The fourth-order valence-corrected chi connectivity index (χ4v) is 2.81. The highest BCUT2D eigenvalue weighted by molar-refractivity contribution is 6.32. The molecule has 1 aromatic rings. The summed E-state index contributed by atoms with van der Waals surface area (Å²) in [6.07, 6.45) is 3.80. The molecule has 0 spiro atoms. The summed E-state index contributed by atoms with van der Waals surface area (Å²) in [5.74, 6) is 1.37. The fourth-order valence-electron chi connectivity index (χ4n) is 2.61. The van der Waals surface area contributed by atoms with Crippen LogP contribution in [0.25, 0.3) is 0 Å². The Labute approximate surface area is 102 Å². The lowest BCUT2D eigenvalue weighted by atomic mass is 9.94. The smallest absolute Gasteiger partial charge is 0.137 e. The van der Waals surface area contributed by atoms with E-state index in [0.717, 1.165) is 5.75 Å². The molecule has 0 saturated heterocycles. The second kappa shape index (κ2) is 5.07. The van der Waals surface area contributed by atoms with Crippen LogP contribution in [0.4, 0.5) is 0 Å². The molecule has 1 N–H and O–H groups in total. The lowest BCUT2D eigenvalue weighted by Crippen LogP contribution is -2.27. The van der Waals surface area contributed by atoms with E-state index in [1.165, 1.54) is 24.8 Å². The van der Waals surface area contributed by atoms with Crippen LogP contribution in [0.2, 0.25) is 5.02 Å². The van der Waals surface area contributed by atoms with Gasteiger partial charge in [0.2, 0.25) is 0 Å². The van der Waals surface area contributed by atoms with Crippen molar-refractivity contribution < 1.29 is 4.74 Å². The highest BCUT2D eigenvalue weighted by Crippen LogP contribution is 2.37. The first kappa shape index (κ1) is 11.7. The maximum atomic E-state index is 6.03. The third-order valence-electron chi connectivity index (χ3n) is 3.49. The molecule has 88 valence electrons. The van der Waals surface area contributed by atoms with Gasteiger partial charge < -0.3 is 10.1 Å². The van der Waals surface area contributed by atoms with Crippen molar-refractivity contribution in [2.75, 3.05) is 14.2 Å². The molecule has 0 bridgehead atoms. The Balaban J connectivity index is 2.26. The molecule has 16 heavy (non-hydrogen) atoms. The number of likely N-dealkylation sites (N-methyl/N-ethyl adjacent to an activating group) is 1. The molecule has 3 heteroatoms. The Morgan fingerprint density at radius 2 is 2.19 bits per heavy atom. The zero-order valence-corrected chi connectivity index (χ0v) is 10.6. The monoisotopic (exact) mass is 239 g/mol. The molecule has 2 unspecified atom stereocenters. The van der Waals surface area contributed by atoms with Gasteiger partial charge in [-0.3, -0.25) is 0 Å². The van der Waals surface area contributed by atoms with Gasteiger partial charge >= 0.3 is 0 Å². The summed E-state index contributed by atoms with van der Waals surface area (Å²) in [4.78, 5) is 0. The first-order valence-corrected chi connectivity index (χ1v) is 6.14. The molecular formula is C13H18ClNO. The molecule has 0 aromatic heterocycles. The average molecular weight is 240 g/mol. The Morgan fingerprint density at radius 3 is 2.88 bits per heavy atom.